The Morgan fingerprint density at radius 2 is 2.40 bits per heavy atom. The minimum Gasteiger partial charge on any atom is -0.497 e. The normalized spacial score (nSPS) is 9.40. The van der Waals surface area contributed by atoms with E-state index in [-0.39, 0.29) is 12.3 Å². The third kappa shape index (κ3) is 3.02. The first-order chi connectivity index (χ1) is 7.17. The lowest BCUT2D eigenvalue weighted by Crippen LogP contribution is -2.11. The molecule has 15 heavy (non-hydrogen) atoms. The third-order valence-corrected chi connectivity index (χ3v) is 1.86. The average molecular weight is 206 g/mol. The lowest BCUT2D eigenvalue weighted by atomic mass is 10.2. The van der Waals surface area contributed by atoms with Crippen molar-refractivity contribution in [3.05, 3.63) is 30.9 Å². The van der Waals surface area contributed by atoms with Crippen molar-refractivity contribution in [1.29, 1.82) is 0 Å². The van der Waals surface area contributed by atoms with Crippen LogP contribution in [0.2, 0.25) is 0 Å². The fourth-order valence-electron chi connectivity index (χ4n) is 1.10. The fraction of sp³-hybridized carbons (Fsp3) is 0.182. The zero-order valence-corrected chi connectivity index (χ0v) is 8.62. The number of rotatable bonds is 4. The number of nitrogen functional groups attached to an aromatic ring is 1. The number of hydrogen-bond donors (Lipinski definition) is 2. The van der Waals surface area contributed by atoms with Gasteiger partial charge in [0.15, 0.2) is 0 Å². The van der Waals surface area contributed by atoms with Gasteiger partial charge in [-0.3, -0.25) is 4.79 Å². The van der Waals surface area contributed by atoms with Crippen LogP contribution in [0.1, 0.15) is 6.42 Å². The second-order valence-electron chi connectivity index (χ2n) is 2.99. The molecule has 0 atom stereocenters. The maximum atomic E-state index is 11.3. The molecule has 4 heteroatoms. The van der Waals surface area contributed by atoms with Crippen molar-refractivity contribution in [2.75, 3.05) is 18.2 Å². The molecule has 0 unspecified atom stereocenters. The Kier molecular flexibility index (Phi) is 3.74. The molecule has 80 valence electrons. The molecule has 0 aliphatic heterocycles. The molecule has 0 saturated carbocycles. The molecule has 3 N–H and O–H groups in total. The molecule has 0 heterocycles. The highest BCUT2D eigenvalue weighted by Gasteiger charge is 2.04. The summed E-state index contributed by atoms with van der Waals surface area (Å²) >= 11 is 0. The zero-order chi connectivity index (χ0) is 11.3. The number of nitrogens with one attached hydrogen (secondary N) is 1. The van der Waals surface area contributed by atoms with Crippen LogP contribution in [0.25, 0.3) is 0 Å². The summed E-state index contributed by atoms with van der Waals surface area (Å²) in [7, 11) is 1.56. The van der Waals surface area contributed by atoms with Crippen molar-refractivity contribution in [2.45, 2.75) is 6.42 Å². The zero-order valence-electron chi connectivity index (χ0n) is 8.62. The smallest absolute Gasteiger partial charge is 0.228 e. The number of methoxy groups -OCH3 is 1. The fourth-order valence-corrected chi connectivity index (χ4v) is 1.10. The lowest BCUT2D eigenvalue weighted by Gasteiger charge is -2.08. The number of amides is 1. The van der Waals surface area contributed by atoms with Gasteiger partial charge in [-0.1, -0.05) is 6.08 Å². The molecule has 4 nitrogen and oxygen atoms in total. The van der Waals surface area contributed by atoms with Crippen molar-refractivity contribution >= 4 is 17.3 Å². The number of ether oxygens (including phenoxy) is 1. The van der Waals surface area contributed by atoms with Gasteiger partial charge in [0.1, 0.15) is 5.75 Å². The third-order valence-electron chi connectivity index (χ3n) is 1.86. The van der Waals surface area contributed by atoms with E-state index in [9.17, 15) is 4.79 Å². The van der Waals surface area contributed by atoms with Gasteiger partial charge in [-0.05, 0) is 12.1 Å². The number of nitrogens with two attached hydrogens (primary N) is 1. The SMILES string of the molecule is C=CCC(=O)Nc1cc(OC)ccc1N. The van der Waals surface area contributed by atoms with Gasteiger partial charge < -0.3 is 15.8 Å². The van der Waals surface area contributed by atoms with Crippen LogP contribution >= 0.6 is 0 Å². The topological polar surface area (TPSA) is 64.3 Å². The van der Waals surface area contributed by atoms with Crippen LogP contribution in [0.5, 0.6) is 5.75 Å². The van der Waals surface area contributed by atoms with Crippen LogP contribution in [0, 0.1) is 0 Å². The van der Waals surface area contributed by atoms with E-state index in [2.05, 4.69) is 11.9 Å². The van der Waals surface area contributed by atoms with Crippen LogP contribution in [0.4, 0.5) is 11.4 Å². The Balaban J connectivity index is 2.83. The van der Waals surface area contributed by atoms with Crippen molar-refractivity contribution in [2.24, 2.45) is 0 Å². The van der Waals surface area contributed by atoms with E-state index in [1.165, 1.54) is 6.08 Å². The quantitative estimate of drug-likeness (QED) is 0.583. The van der Waals surface area contributed by atoms with Crippen LogP contribution in [0.15, 0.2) is 30.9 Å². The van der Waals surface area contributed by atoms with Crippen molar-refractivity contribution in [1.82, 2.24) is 0 Å². The molecule has 1 aromatic rings. The number of carbonyl (C=O) groups excluding carboxylic acids is 1. The van der Waals surface area contributed by atoms with Crippen molar-refractivity contribution in [3.8, 4) is 5.75 Å². The summed E-state index contributed by atoms with van der Waals surface area (Å²) in [5.74, 6) is 0.503. The summed E-state index contributed by atoms with van der Waals surface area (Å²) in [6.07, 6.45) is 1.79. The largest absolute Gasteiger partial charge is 0.497 e. The van der Waals surface area contributed by atoms with Crippen LogP contribution in [-0.2, 0) is 4.79 Å². The molecule has 0 aromatic heterocycles. The van der Waals surface area contributed by atoms with Gasteiger partial charge >= 0.3 is 0 Å². The van der Waals surface area contributed by atoms with E-state index in [1.807, 2.05) is 0 Å². The van der Waals surface area contributed by atoms with Gasteiger partial charge in [-0.15, -0.1) is 6.58 Å². The van der Waals surface area contributed by atoms with E-state index in [0.29, 0.717) is 17.1 Å². The molecular formula is C11H14N2O2. The molecule has 1 amide bonds. The van der Waals surface area contributed by atoms with Gasteiger partial charge in [0.05, 0.1) is 18.5 Å². The van der Waals surface area contributed by atoms with Gasteiger partial charge in [0, 0.05) is 12.5 Å². The summed E-state index contributed by atoms with van der Waals surface area (Å²) in [6, 6.07) is 5.09. The first-order valence-electron chi connectivity index (χ1n) is 4.51. The monoisotopic (exact) mass is 206 g/mol. The van der Waals surface area contributed by atoms with E-state index < -0.39 is 0 Å². The Bertz CT molecular complexity index is 375. The minimum atomic E-state index is -0.148. The van der Waals surface area contributed by atoms with E-state index in [0.717, 1.165) is 0 Å². The first-order valence-corrected chi connectivity index (χ1v) is 4.51. The molecule has 0 radical (unpaired) electrons. The van der Waals surface area contributed by atoms with Crippen LogP contribution in [-0.4, -0.2) is 13.0 Å². The van der Waals surface area contributed by atoms with Crippen LogP contribution < -0.4 is 15.8 Å². The molecule has 1 aromatic carbocycles. The second-order valence-corrected chi connectivity index (χ2v) is 2.99. The Morgan fingerprint density at radius 3 is 3.00 bits per heavy atom. The van der Waals surface area contributed by atoms with Gasteiger partial charge in [-0.2, -0.15) is 0 Å². The Morgan fingerprint density at radius 1 is 1.67 bits per heavy atom. The van der Waals surface area contributed by atoms with Gasteiger partial charge in [0.2, 0.25) is 5.91 Å². The maximum Gasteiger partial charge on any atom is 0.228 e. The number of benzene rings is 1. The number of anilines is 2. The summed E-state index contributed by atoms with van der Waals surface area (Å²) in [5.41, 5.74) is 6.76. The van der Waals surface area contributed by atoms with Gasteiger partial charge in [-0.25, -0.2) is 0 Å². The van der Waals surface area contributed by atoms with Gasteiger partial charge in [0.25, 0.3) is 0 Å². The minimum absolute atomic E-state index is 0.148. The highest BCUT2D eigenvalue weighted by atomic mass is 16.5. The number of carbonyl (C=O) groups is 1. The predicted molar refractivity (Wildman–Crippen MR) is 60.9 cm³/mol. The summed E-state index contributed by atoms with van der Waals surface area (Å²) < 4.78 is 5.02. The highest BCUT2D eigenvalue weighted by Crippen LogP contribution is 2.24. The number of hydrogen-bond acceptors (Lipinski definition) is 3. The standard InChI is InChI=1S/C11H14N2O2/c1-3-4-11(14)13-10-7-8(15-2)5-6-9(10)12/h3,5-7H,1,4,12H2,2H3,(H,13,14). The van der Waals surface area contributed by atoms with E-state index in [4.69, 9.17) is 10.5 Å². The molecule has 0 saturated heterocycles. The van der Waals surface area contributed by atoms with Crippen molar-refractivity contribution in [3.63, 3.8) is 0 Å². The molecule has 0 spiro atoms. The second kappa shape index (κ2) is 5.05. The lowest BCUT2D eigenvalue weighted by molar-refractivity contribution is -0.115. The first kappa shape index (κ1) is 11.1. The highest BCUT2D eigenvalue weighted by molar-refractivity contribution is 5.94. The van der Waals surface area contributed by atoms with E-state index >= 15 is 0 Å². The summed E-state index contributed by atoms with van der Waals surface area (Å²) in [6.45, 7) is 3.48. The molecule has 0 aliphatic carbocycles. The summed E-state index contributed by atoms with van der Waals surface area (Å²) in [5, 5.41) is 2.67. The summed E-state index contributed by atoms with van der Waals surface area (Å²) in [4.78, 5) is 11.3. The van der Waals surface area contributed by atoms with E-state index in [1.54, 1.807) is 25.3 Å². The van der Waals surface area contributed by atoms with Crippen molar-refractivity contribution < 1.29 is 9.53 Å². The molecule has 0 bridgehead atoms. The maximum absolute atomic E-state index is 11.3. The Hall–Kier alpha value is -1.97. The Labute approximate surface area is 88.7 Å². The molecule has 0 aliphatic rings. The molecular weight excluding hydrogens is 192 g/mol. The average Bonchev–Trinajstić information content (AvgIpc) is 2.21. The van der Waals surface area contributed by atoms with Crippen LogP contribution in [0.3, 0.4) is 0 Å². The predicted octanol–water partition coefficient (Wildman–Crippen LogP) is 1.79. The molecule has 0 fully saturated rings. The molecule has 1 rings (SSSR count).